The third-order valence-corrected chi connectivity index (χ3v) is 5.15. The fourth-order valence-electron chi connectivity index (χ4n) is 3.68. The molecular weight excluding hydrogens is 352 g/mol. The van der Waals surface area contributed by atoms with Gasteiger partial charge in [0.15, 0.2) is 0 Å². The minimum absolute atomic E-state index is 0.00446. The molecule has 1 fully saturated rings. The summed E-state index contributed by atoms with van der Waals surface area (Å²) in [5, 5.41) is 0. The van der Waals surface area contributed by atoms with E-state index >= 15 is 0 Å². The van der Waals surface area contributed by atoms with E-state index in [4.69, 9.17) is 0 Å². The van der Waals surface area contributed by atoms with E-state index in [0.29, 0.717) is 18.7 Å². The molecular formula is C21H24N6O. The van der Waals surface area contributed by atoms with E-state index in [0.717, 1.165) is 43.1 Å². The van der Waals surface area contributed by atoms with Gasteiger partial charge in [-0.05, 0) is 25.0 Å². The van der Waals surface area contributed by atoms with Crippen LogP contribution in [0.15, 0.2) is 49.2 Å². The lowest BCUT2D eigenvalue weighted by atomic mass is 9.96. The number of amides is 1. The van der Waals surface area contributed by atoms with Gasteiger partial charge in [0.2, 0.25) is 0 Å². The molecule has 0 unspecified atom stereocenters. The second-order valence-corrected chi connectivity index (χ2v) is 7.07. The highest BCUT2D eigenvalue weighted by Gasteiger charge is 2.28. The van der Waals surface area contributed by atoms with Crippen LogP contribution in [0.3, 0.4) is 0 Å². The van der Waals surface area contributed by atoms with Gasteiger partial charge < -0.3 is 9.47 Å². The number of piperidine rings is 1. The minimum atomic E-state index is -0.00446. The van der Waals surface area contributed by atoms with Crippen molar-refractivity contribution in [2.75, 3.05) is 13.1 Å². The molecule has 0 aromatic carbocycles. The largest absolute Gasteiger partial charge is 0.338 e. The van der Waals surface area contributed by atoms with Gasteiger partial charge in [0.1, 0.15) is 11.6 Å². The maximum atomic E-state index is 12.9. The number of hydrogen-bond acceptors (Lipinski definition) is 5. The highest BCUT2D eigenvalue weighted by molar-refractivity contribution is 5.93. The summed E-state index contributed by atoms with van der Waals surface area (Å²) < 4.78 is 2.14. The fourth-order valence-corrected chi connectivity index (χ4v) is 3.68. The van der Waals surface area contributed by atoms with Gasteiger partial charge in [-0.2, -0.15) is 0 Å². The topological polar surface area (TPSA) is 76.8 Å². The molecule has 144 valence electrons. The van der Waals surface area contributed by atoms with Gasteiger partial charge >= 0.3 is 0 Å². The zero-order chi connectivity index (χ0) is 19.3. The third kappa shape index (κ3) is 3.93. The summed E-state index contributed by atoms with van der Waals surface area (Å²) in [5.74, 6) is 1.98. The van der Waals surface area contributed by atoms with E-state index in [9.17, 15) is 4.79 Å². The van der Waals surface area contributed by atoms with E-state index in [1.165, 1.54) is 0 Å². The lowest BCUT2D eigenvalue weighted by Gasteiger charge is -2.32. The van der Waals surface area contributed by atoms with Gasteiger partial charge in [0.25, 0.3) is 5.91 Å². The second-order valence-electron chi connectivity index (χ2n) is 7.07. The van der Waals surface area contributed by atoms with Crippen LogP contribution in [-0.2, 0) is 13.0 Å². The first-order valence-electron chi connectivity index (χ1n) is 9.75. The fraction of sp³-hybridized carbons (Fsp3) is 0.381. The number of nitrogens with zero attached hydrogens (tertiary/aromatic N) is 6. The van der Waals surface area contributed by atoms with Crippen LogP contribution in [0, 0.1) is 0 Å². The monoisotopic (exact) mass is 376 g/mol. The molecule has 0 radical (unpaired) electrons. The predicted molar refractivity (Wildman–Crippen MR) is 105 cm³/mol. The summed E-state index contributed by atoms with van der Waals surface area (Å²) in [6.45, 7) is 4.10. The molecule has 7 heteroatoms. The van der Waals surface area contributed by atoms with Gasteiger partial charge in [0, 0.05) is 56.4 Å². The Morgan fingerprint density at radius 3 is 2.75 bits per heavy atom. The van der Waals surface area contributed by atoms with Crippen molar-refractivity contribution in [2.24, 2.45) is 0 Å². The van der Waals surface area contributed by atoms with Crippen molar-refractivity contribution in [3.05, 3.63) is 72.1 Å². The Hall–Kier alpha value is -3.09. The molecule has 0 saturated carbocycles. The number of imidazole rings is 1. The van der Waals surface area contributed by atoms with Gasteiger partial charge in [-0.1, -0.05) is 13.0 Å². The molecule has 1 saturated heterocycles. The number of pyridine rings is 1. The molecule has 0 N–H and O–H groups in total. The first-order chi connectivity index (χ1) is 13.7. The highest BCUT2D eigenvalue weighted by atomic mass is 16.2. The number of likely N-dealkylation sites (tertiary alicyclic amines) is 1. The molecule has 4 heterocycles. The Labute approximate surface area is 164 Å². The SMILES string of the molecule is CCc1ncc(C(=O)N2CCC[C@H](c3nccn3Cc3ccccn3)C2)cn1. The number of aromatic nitrogens is 5. The van der Waals surface area contributed by atoms with Gasteiger partial charge in [-0.25, -0.2) is 15.0 Å². The van der Waals surface area contributed by atoms with Crippen molar-refractivity contribution in [1.29, 1.82) is 0 Å². The molecule has 0 spiro atoms. The third-order valence-electron chi connectivity index (χ3n) is 5.15. The zero-order valence-corrected chi connectivity index (χ0v) is 16.0. The summed E-state index contributed by atoms with van der Waals surface area (Å²) in [6, 6.07) is 5.92. The van der Waals surface area contributed by atoms with E-state index < -0.39 is 0 Å². The Morgan fingerprint density at radius 1 is 1.14 bits per heavy atom. The number of carbonyl (C=O) groups excluding carboxylic acids is 1. The molecule has 0 aliphatic carbocycles. The van der Waals surface area contributed by atoms with Crippen molar-refractivity contribution in [2.45, 2.75) is 38.6 Å². The van der Waals surface area contributed by atoms with Crippen LogP contribution in [0.1, 0.15) is 53.4 Å². The lowest BCUT2D eigenvalue weighted by Crippen LogP contribution is -2.40. The molecule has 28 heavy (non-hydrogen) atoms. The second kappa shape index (κ2) is 8.29. The van der Waals surface area contributed by atoms with Crippen LogP contribution in [0.5, 0.6) is 0 Å². The quantitative estimate of drug-likeness (QED) is 0.684. The Morgan fingerprint density at radius 2 is 2.00 bits per heavy atom. The summed E-state index contributed by atoms with van der Waals surface area (Å²) >= 11 is 0. The zero-order valence-electron chi connectivity index (χ0n) is 16.0. The first kappa shape index (κ1) is 18.3. The molecule has 3 aromatic rings. The van der Waals surface area contributed by atoms with E-state index in [2.05, 4.69) is 24.5 Å². The smallest absolute Gasteiger partial charge is 0.257 e. The van der Waals surface area contributed by atoms with Crippen molar-refractivity contribution >= 4 is 5.91 Å². The van der Waals surface area contributed by atoms with E-state index in [-0.39, 0.29) is 11.8 Å². The van der Waals surface area contributed by atoms with Crippen LogP contribution < -0.4 is 0 Å². The summed E-state index contributed by atoms with van der Waals surface area (Å²) in [4.78, 5) is 32.3. The standard InChI is InChI=1S/C21H24N6O/c1-2-19-24-12-17(13-25-19)21(28)27-10-5-6-16(14-27)20-23-9-11-26(20)15-18-7-3-4-8-22-18/h3-4,7-9,11-13,16H,2,5-6,10,14-15H2,1H3/t16-/m0/s1. The molecule has 1 atom stereocenters. The van der Waals surface area contributed by atoms with Crippen molar-refractivity contribution < 1.29 is 4.79 Å². The molecule has 1 amide bonds. The number of rotatable bonds is 5. The average molecular weight is 376 g/mol. The summed E-state index contributed by atoms with van der Waals surface area (Å²) in [5.41, 5.74) is 1.55. The van der Waals surface area contributed by atoms with Crippen molar-refractivity contribution in [1.82, 2.24) is 29.4 Å². The highest BCUT2D eigenvalue weighted by Crippen LogP contribution is 2.27. The maximum absolute atomic E-state index is 12.9. The minimum Gasteiger partial charge on any atom is -0.338 e. The van der Waals surface area contributed by atoms with Crippen LogP contribution in [0.25, 0.3) is 0 Å². The van der Waals surface area contributed by atoms with Crippen molar-refractivity contribution in [3.8, 4) is 0 Å². The van der Waals surface area contributed by atoms with Gasteiger partial charge in [-0.15, -0.1) is 0 Å². The van der Waals surface area contributed by atoms with E-state index in [1.54, 1.807) is 18.6 Å². The number of hydrogen-bond donors (Lipinski definition) is 0. The maximum Gasteiger partial charge on any atom is 0.257 e. The molecule has 1 aliphatic heterocycles. The summed E-state index contributed by atoms with van der Waals surface area (Å²) in [6.07, 6.45) is 11.6. The number of carbonyl (C=O) groups is 1. The first-order valence-corrected chi connectivity index (χ1v) is 9.75. The van der Waals surface area contributed by atoms with Gasteiger partial charge in [0.05, 0.1) is 17.8 Å². The molecule has 0 bridgehead atoms. The molecule has 1 aliphatic rings. The normalized spacial score (nSPS) is 16.9. The van der Waals surface area contributed by atoms with Crippen LogP contribution in [0.2, 0.25) is 0 Å². The van der Waals surface area contributed by atoms with Crippen LogP contribution >= 0.6 is 0 Å². The van der Waals surface area contributed by atoms with Crippen molar-refractivity contribution in [3.63, 3.8) is 0 Å². The molecule has 7 nitrogen and oxygen atoms in total. The van der Waals surface area contributed by atoms with Crippen LogP contribution in [0.4, 0.5) is 0 Å². The summed E-state index contributed by atoms with van der Waals surface area (Å²) in [7, 11) is 0. The van der Waals surface area contributed by atoms with Crippen LogP contribution in [-0.4, -0.2) is 48.4 Å². The predicted octanol–water partition coefficient (Wildman–Crippen LogP) is 2.70. The molecule has 3 aromatic heterocycles. The molecule has 4 rings (SSSR count). The number of aryl methyl sites for hydroxylation is 1. The average Bonchev–Trinajstić information content (AvgIpc) is 3.22. The van der Waals surface area contributed by atoms with Gasteiger partial charge in [-0.3, -0.25) is 9.78 Å². The Balaban J connectivity index is 1.48. The lowest BCUT2D eigenvalue weighted by molar-refractivity contribution is 0.0702. The Kier molecular flexibility index (Phi) is 5.41. The Bertz CT molecular complexity index is 922. The van der Waals surface area contributed by atoms with E-state index in [1.807, 2.05) is 42.4 Å².